The zero-order chi connectivity index (χ0) is 10.7. The molecule has 1 aromatic carbocycles. The molecule has 1 heterocycles. The smallest absolute Gasteiger partial charge is 0.335 e. The van der Waals surface area contributed by atoms with E-state index in [0.29, 0.717) is 23.5 Å². The SMILES string of the molecule is CCOc1n[nH]c(-c2ccccc2Cl)n1. The van der Waals surface area contributed by atoms with E-state index in [1.807, 2.05) is 25.1 Å². The van der Waals surface area contributed by atoms with Crippen molar-refractivity contribution >= 4 is 11.6 Å². The second kappa shape index (κ2) is 4.31. The Bertz CT molecular complexity index is 455. The average Bonchev–Trinajstić information content (AvgIpc) is 2.68. The molecule has 0 saturated carbocycles. The standard InChI is InChI=1S/C10H10ClN3O/c1-2-15-10-12-9(13-14-10)7-5-3-4-6-8(7)11/h3-6H,2H2,1H3,(H,12,13,14). The van der Waals surface area contributed by atoms with Crippen LogP contribution in [-0.2, 0) is 0 Å². The van der Waals surface area contributed by atoms with E-state index in [1.54, 1.807) is 6.07 Å². The molecule has 1 aromatic heterocycles. The van der Waals surface area contributed by atoms with Gasteiger partial charge < -0.3 is 4.74 Å². The summed E-state index contributed by atoms with van der Waals surface area (Å²) in [6.07, 6.45) is 0. The third-order valence-corrected chi connectivity index (χ3v) is 2.20. The molecule has 0 aliphatic rings. The lowest BCUT2D eigenvalue weighted by molar-refractivity contribution is 0.314. The maximum Gasteiger partial charge on any atom is 0.335 e. The lowest BCUT2D eigenvalue weighted by Gasteiger charge is -1.97. The summed E-state index contributed by atoms with van der Waals surface area (Å²) in [4.78, 5) is 4.16. The molecule has 0 aliphatic heterocycles. The molecule has 0 aliphatic carbocycles. The first-order valence-electron chi connectivity index (χ1n) is 4.61. The van der Waals surface area contributed by atoms with Gasteiger partial charge in [0.2, 0.25) is 0 Å². The van der Waals surface area contributed by atoms with Gasteiger partial charge in [-0.3, -0.25) is 5.10 Å². The molecule has 0 unspecified atom stereocenters. The topological polar surface area (TPSA) is 50.8 Å². The molecule has 0 saturated heterocycles. The van der Waals surface area contributed by atoms with Crippen molar-refractivity contribution in [2.75, 3.05) is 6.61 Å². The Morgan fingerprint density at radius 1 is 1.40 bits per heavy atom. The van der Waals surface area contributed by atoms with Crippen LogP contribution in [0.25, 0.3) is 11.4 Å². The van der Waals surface area contributed by atoms with E-state index in [4.69, 9.17) is 16.3 Å². The van der Waals surface area contributed by atoms with Crippen LogP contribution in [0.3, 0.4) is 0 Å². The van der Waals surface area contributed by atoms with Gasteiger partial charge in [0.1, 0.15) is 0 Å². The number of aromatic nitrogens is 3. The Morgan fingerprint density at radius 2 is 2.20 bits per heavy atom. The fraction of sp³-hybridized carbons (Fsp3) is 0.200. The average molecular weight is 224 g/mol. The van der Waals surface area contributed by atoms with Crippen LogP contribution in [0.2, 0.25) is 5.02 Å². The first kappa shape index (κ1) is 9.98. The minimum atomic E-state index is 0.340. The summed E-state index contributed by atoms with van der Waals surface area (Å²) in [6.45, 7) is 2.42. The summed E-state index contributed by atoms with van der Waals surface area (Å²) in [5.74, 6) is 0.615. The highest BCUT2D eigenvalue weighted by Gasteiger charge is 2.08. The molecule has 1 N–H and O–H groups in total. The van der Waals surface area contributed by atoms with Gasteiger partial charge in [0, 0.05) is 5.56 Å². The predicted octanol–water partition coefficient (Wildman–Crippen LogP) is 2.52. The fourth-order valence-corrected chi connectivity index (χ4v) is 1.44. The lowest BCUT2D eigenvalue weighted by Crippen LogP contribution is -1.92. The van der Waals surface area contributed by atoms with Gasteiger partial charge >= 0.3 is 6.01 Å². The molecule has 4 nitrogen and oxygen atoms in total. The van der Waals surface area contributed by atoms with E-state index in [2.05, 4.69) is 15.2 Å². The Labute approximate surface area is 92.3 Å². The highest BCUT2D eigenvalue weighted by atomic mass is 35.5. The number of aromatic amines is 1. The number of ether oxygens (including phenoxy) is 1. The van der Waals surface area contributed by atoms with E-state index < -0.39 is 0 Å². The molecule has 0 fully saturated rings. The van der Waals surface area contributed by atoms with Crippen molar-refractivity contribution in [2.45, 2.75) is 6.92 Å². The summed E-state index contributed by atoms with van der Waals surface area (Å²) >= 11 is 6.02. The zero-order valence-electron chi connectivity index (χ0n) is 8.20. The van der Waals surface area contributed by atoms with Crippen LogP contribution >= 0.6 is 11.6 Å². The maximum absolute atomic E-state index is 6.02. The lowest BCUT2D eigenvalue weighted by atomic mass is 10.2. The van der Waals surface area contributed by atoms with Crippen LogP contribution in [0, 0.1) is 0 Å². The second-order valence-corrected chi connectivity index (χ2v) is 3.29. The number of benzene rings is 1. The van der Waals surface area contributed by atoms with Crippen LogP contribution < -0.4 is 4.74 Å². The van der Waals surface area contributed by atoms with Crippen molar-refractivity contribution in [2.24, 2.45) is 0 Å². The van der Waals surface area contributed by atoms with Crippen LogP contribution in [0.4, 0.5) is 0 Å². The maximum atomic E-state index is 6.02. The molecule has 2 aromatic rings. The number of halogens is 1. The monoisotopic (exact) mass is 223 g/mol. The van der Waals surface area contributed by atoms with Crippen molar-refractivity contribution in [1.82, 2.24) is 15.2 Å². The number of nitrogens with one attached hydrogen (secondary N) is 1. The third kappa shape index (κ3) is 2.10. The van der Waals surface area contributed by atoms with E-state index in [0.717, 1.165) is 5.56 Å². The molecule has 2 rings (SSSR count). The van der Waals surface area contributed by atoms with Crippen LogP contribution in [0.15, 0.2) is 24.3 Å². The Kier molecular flexibility index (Phi) is 2.87. The van der Waals surface area contributed by atoms with Gasteiger partial charge in [-0.1, -0.05) is 23.7 Å². The van der Waals surface area contributed by atoms with E-state index in [9.17, 15) is 0 Å². The highest BCUT2D eigenvalue weighted by molar-refractivity contribution is 6.33. The zero-order valence-corrected chi connectivity index (χ0v) is 8.95. The number of rotatable bonds is 3. The van der Waals surface area contributed by atoms with E-state index >= 15 is 0 Å². The molecule has 0 amide bonds. The van der Waals surface area contributed by atoms with Crippen molar-refractivity contribution < 1.29 is 4.74 Å². The van der Waals surface area contributed by atoms with Gasteiger partial charge in [-0.25, -0.2) is 0 Å². The van der Waals surface area contributed by atoms with Crippen LogP contribution in [-0.4, -0.2) is 21.8 Å². The molecule has 78 valence electrons. The number of nitrogens with zero attached hydrogens (tertiary/aromatic N) is 2. The van der Waals surface area contributed by atoms with Gasteiger partial charge in [-0.2, -0.15) is 4.98 Å². The number of hydrogen-bond donors (Lipinski definition) is 1. The van der Waals surface area contributed by atoms with E-state index in [-0.39, 0.29) is 0 Å². The van der Waals surface area contributed by atoms with Gasteiger partial charge in [-0.05, 0) is 19.1 Å². The third-order valence-electron chi connectivity index (χ3n) is 1.87. The van der Waals surface area contributed by atoms with Crippen LogP contribution in [0.1, 0.15) is 6.92 Å². The van der Waals surface area contributed by atoms with Gasteiger partial charge in [-0.15, -0.1) is 5.10 Å². The van der Waals surface area contributed by atoms with E-state index in [1.165, 1.54) is 0 Å². The molecular weight excluding hydrogens is 214 g/mol. The molecule has 0 atom stereocenters. The van der Waals surface area contributed by atoms with Gasteiger partial charge in [0.15, 0.2) is 5.82 Å². The van der Waals surface area contributed by atoms with Crippen molar-refractivity contribution in [1.29, 1.82) is 0 Å². The fourth-order valence-electron chi connectivity index (χ4n) is 1.21. The molecule has 0 spiro atoms. The first-order chi connectivity index (χ1) is 7.31. The minimum absolute atomic E-state index is 0.340. The number of hydrogen-bond acceptors (Lipinski definition) is 3. The molecule has 0 radical (unpaired) electrons. The summed E-state index contributed by atoms with van der Waals surface area (Å²) in [7, 11) is 0. The Morgan fingerprint density at radius 3 is 2.93 bits per heavy atom. The summed E-state index contributed by atoms with van der Waals surface area (Å²) in [6, 6.07) is 7.78. The first-order valence-corrected chi connectivity index (χ1v) is 4.99. The van der Waals surface area contributed by atoms with Crippen molar-refractivity contribution in [3.8, 4) is 17.4 Å². The minimum Gasteiger partial charge on any atom is -0.463 e. The second-order valence-electron chi connectivity index (χ2n) is 2.88. The molecule has 15 heavy (non-hydrogen) atoms. The summed E-state index contributed by atoms with van der Waals surface area (Å²) in [5.41, 5.74) is 0.817. The highest BCUT2D eigenvalue weighted by Crippen LogP contribution is 2.25. The van der Waals surface area contributed by atoms with Crippen LogP contribution in [0.5, 0.6) is 6.01 Å². The molecular formula is C10H10ClN3O. The van der Waals surface area contributed by atoms with Crippen molar-refractivity contribution in [3.05, 3.63) is 29.3 Å². The quantitative estimate of drug-likeness (QED) is 0.870. The van der Waals surface area contributed by atoms with Crippen molar-refractivity contribution in [3.63, 3.8) is 0 Å². The van der Waals surface area contributed by atoms with Gasteiger partial charge in [0.05, 0.1) is 11.6 Å². The Balaban J connectivity index is 2.33. The van der Waals surface area contributed by atoms with Gasteiger partial charge in [0.25, 0.3) is 0 Å². The normalized spacial score (nSPS) is 10.3. The summed E-state index contributed by atoms with van der Waals surface area (Å²) < 4.78 is 5.15. The molecule has 0 bridgehead atoms. The summed E-state index contributed by atoms with van der Waals surface area (Å²) in [5, 5.41) is 7.32. The predicted molar refractivity (Wildman–Crippen MR) is 58.0 cm³/mol. The number of H-pyrrole nitrogens is 1. The molecule has 5 heteroatoms. The Hall–Kier alpha value is -1.55. The largest absolute Gasteiger partial charge is 0.463 e.